The lowest BCUT2D eigenvalue weighted by molar-refractivity contribution is -0.141. The number of hydrogen-bond donors (Lipinski definition) is 2. The molecular formula is C39H49F2N5O6. The number of hydrogen-bond acceptors (Lipinski definition) is 8. The number of piperidine rings is 1. The topological polar surface area (TPSA) is 128 Å². The van der Waals surface area contributed by atoms with Crippen LogP contribution in [0.15, 0.2) is 53.1 Å². The third kappa shape index (κ3) is 7.79. The highest BCUT2D eigenvalue weighted by Gasteiger charge is 2.48. The summed E-state index contributed by atoms with van der Waals surface area (Å²) in [6.07, 6.45) is 0.652. The van der Waals surface area contributed by atoms with Crippen molar-refractivity contribution in [2.24, 2.45) is 11.3 Å². The molecule has 3 saturated heterocycles. The molecule has 3 aromatic rings. The predicted octanol–water partition coefficient (Wildman–Crippen LogP) is 6.04. The molecule has 3 fully saturated rings. The van der Waals surface area contributed by atoms with Crippen LogP contribution in [-0.4, -0.2) is 88.4 Å². The summed E-state index contributed by atoms with van der Waals surface area (Å²) in [5.41, 5.74) is 0.503. The summed E-state index contributed by atoms with van der Waals surface area (Å²) in [5, 5.41) is 17.9. The van der Waals surface area contributed by atoms with Crippen molar-refractivity contribution >= 4 is 23.7 Å². The Balaban J connectivity index is 1.07. The normalized spacial score (nSPS) is 21.2. The Morgan fingerprint density at radius 3 is 2.25 bits per heavy atom. The minimum atomic E-state index is -0.901. The van der Waals surface area contributed by atoms with E-state index in [0.29, 0.717) is 35.8 Å². The Morgan fingerprint density at radius 2 is 1.65 bits per heavy atom. The number of rotatable bonds is 8. The fraction of sp³-hybridized carbons (Fsp3) is 0.538. The third-order valence-corrected chi connectivity index (χ3v) is 10.5. The van der Waals surface area contributed by atoms with Gasteiger partial charge >= 0.3 is 6.09 Å². The van der Waals surface area contributed by atoms with E-state index in [1.54, 1.807) is 42.2 Å². The Kier molecular flexibility index (Phi) is 10.4. The fourth-order valence-corrected chi connectivity index (χ4v) is 7.63. The van der Waals surface area contributed by atoms with Crippen LogP contribution in [0.2, 0.25) is 0 Å². The summed E-state index contributed by atoms with van der Waals surface area (Å²) in [6.45, 7) is 14.0. The molecule has 3 amide bonds. The quantitative estimate of drug-likeness (QED) is 0.289. The van der Waals surface area contributed by atoms with Crippen LogP contribution in [-0.2, 0) is 14.3 Å². The average molecular weight is 722 g/mol. The van der Waals surface area contributed by atoms with Crippen LogP contribution < -0.4 is 10.2 Å². The number of ether oxygens (including phenoxy) is 1. The van der Waals surface area contributed by atoms with Crippen molar-refractivity contribution < 1.29 is 37.5 Å². The second kappa shape index (κ2) is 14.5. The number of halogens is 2. The highest BCUT2D eigenvalue weighted by atomic mass is 19.1. The van der Waals surface area contributed by atoms with Gasteiger partial charge in [0.1, 0.15) is 29.2 Å². The Hall–Kier alpha value is -4.52. The SMILES string of the molecule is CC(C)C(C(=O)N1C[C@H](O)C[C@H]1C(=O)N[C@@H](C)c1ccc(-c2c(F)cccc2F)cc1)c1cc(N2CC3(CCN(C(=O)OC(C)(C)C)CC3)C2)no1. The molecule has 11 nitrogen and oxygen atoms in total. The molecule has 0 radical (unpaired) electrons. The fourth-order valence-electron chi connectivity index (χ4n) is 7.63. The van der Waals surface area contributed by atoms with E-state index in [2.05, 4.69) is 15.4 Å². The zero-order chi connectivity index (χ0) is 37.5. The van der Waals surface area contributed by atoms with Gasteiger partial charge in [-0.1, -0.05) is 49.3 Å². The molecule has 3 aliphatic heterocycles. The molecule has 2 aromatic carbocycles. The molecule has 6 rings (SSSR count). The lowest BCUT2D eigenvalue weighted by Crippen LogP contribution is -2.61. The number of aromatic nitrogens is 1. The van der Waals surface area contributed by atoms with E-state index in [9.17, 15) is 28.3 Å². The van der Waals surface area contributed by atoms with Crippen molar-refractivity contribution in [2.75, 3.05) is 37.6 Å². The van der Waals surface area contributed by atoms with E-state index in [1.165, 1.54) is 23.1 Å². The highest BCUT2D eigenvalue weighted by Crippen LogP contribution is 2.43. The number of carbonyl (C=O) groups excluding carboxylic acids is 3. The monoisotopic (exact) mass is 721 g/mol. The molecular weight excluding hydrogens is 672 g/mol. The number of nitrogens with one attached hydrogen (secondary N) is 1. The van der Waals surface area contributed by atoms with Gasteiger partial charge in [0.05, 0.1) is 17.7 Å². The molecule has 1 unspecified atom stereocenters. The van der Waals surface area contributed by atoms with Crippen molar-refractivity contribution in [3.05, 3.63) is 71.5 Å². The number of benzene rings is 2. The van der Waals surface area contributed by atoms with Gasteiger partial charge in [0.15, 0.2) is 11.6 Å². The maximum absolute atomic E-state index is 14.3. The maximum Gasteiger partial charge on any atom is 0.410 e. The summed E-state index contributed by atoms with van der Waals surface area (Å²) in [7, 11) is 0. The van der Waals surface area contributed by atoms with Gasteiger partial charge in [-0.25, -0.2) is 13.6 Å². The molecule has 0 saturated carbocycles. The third-order valence-electron chi connectivity index (χ3n) is 10.5. The van der Waals surface area contributed by atoms with E-state index in [-0.39, 0.29) is 41.9 Å². The first-order valence-corrected chi connectivity index (χ1v) is 18.1. The zero-order valence-corrected chi connectivity index (χ0v) is 30.7. The smallest absolute Gasteiger partial charge is 0.410 e. The average Bonchev–Trinajstić information content (AvgIpc) is 3.70. The van der Waals surface area contributed by atoms with Gasteiger partial charge in [-0.05, 0) is 69.7 Å². The molecule has 0 bridgehead atoms. The van der Waals surface area contributed by atoms with Crippen molar-refractivity contribution in [2.45, 2.75) is 90.5 Å². The van der Waals surface area contributed by atoms with Crippen LogP contribution in [0, 0.1) is 23.0 Å². The molecule has 2 N–H and O–H groups in total. The van der Waals surface area contributed by atoms with Crippen molar-refractivity contribution in [1.82, 2.24) is 20.3 Å². The second-order valence-corrected chi connectivity index (χ2v) is 16.0. The number of anilines is 1. The van der Waals surface area contributed by atoms with E-state index in [0.717, 1.165) is 25.9 Å². The van der Waals surface area contributed by atoms with E-state index in [1.807, 2.05) is 34.6 Å². The standard InChI is InChI=1S/C39H49F2N5O6/c1-23(2)33(31-19-32(43-52-31)45-21-39(22-45)14-16-44(17-15-39)37(50)51-38(4,5)6)36(49)46-20-27(47)18-30(46)35(48)42-24(3)25-10-12-26(13-11-25)34-28(40)8-7-9-29(34)41/h7-13,19,23-24,27,30,33,47H,14-18,20-22H2,1-6H3,(H,42,48)/t24-,27+,30-,33?/m0/s1. The van der Waals surface area contributed by atoms with E-state index in [4.69, 9.17) is 9.26 Å². The van der Waals surface area contributed by atoms with Crippen LogP contribution >= 0.6 is 0 Å². The van der Waals surface area contributed by atoms with Gasteiger partial charge in [0.25, 0.3) is 0 Å². The number of aliphatic hydroxyl groups is 1. The predicted molar refractivity (Wildman–Crippen MR) is 190 cm³/mol. The van der Waals surface area contributed by atoms with Gasteiger partial charge in [-0.2, -0.15) is 0 Å². The first kappa shape index (κ1) is 37.2. The Labute approximate surface area is 303 Å². The number of β-amino-alcohol motifs (C(OH)–C–C–N with tert-alkyl or cyclic N) is 1. The Morgan fingerprint density at radius 1 is 1.02 bits per heavy atom. The summed E-state index contributed by atoms with van der Waals surface area (Å²) >= 11 is 0. The summed E-state index contributed by atoms with van der Waals surface area (Å²) < 4.78 is 39.9. The summed E-state index contributed by atoms with van der Waals surface area (Å²) in [5.74, 6) is -1.94. The minimum Gasteiger partial charge on any atom is -0.444 e. The molecule has 280 valence electrons. The van der Waals surface area contributed by atoms with Crippen LogP contribution in [0.25, 0.3) is 11.1 Å². The minimum absolute atomic E-state index is 0.00732. The van der Waals surface area contributed by atoms with Gasteiger partial charge in [0, 0.05) is 50.6 Å². The first-order chi connectivity index (χ1) is 24.5. The molecule has 1 spiro atoms. The van der Waals surface area contributed by atoms with Crippen LogP contribution in [0.1, 0.15) is 84.1 Å². The molecule has 4 heterocycles. The van der Waals surface area contributed by atoms with Gasteiger partial charge in [-0.15, -0.1) is 0 Å². The first-order valence-electron chi connectivity index (χ1n) is 18.1. The molecule has 1 aromatic heterocycles. The maximum atomic E-state index is 14.3. The van der Waals surface area contributed by atoms with Crippen molar-refractivity contribution in [1.29, 1.82) is 0 Å². The lowest BCUT2D eigenvalue weighted by Gasteiger charge is -2.53. The summed E-state index contributed by atoms with van der Waals surface area (Å²) in [6, 6.07) is 10.7. The van der Waals surface area contributed by atoms with Gasteiger partial charge in [0.2, 0.25) is 11.8 Å². The molecule has 0 aliphatic carbocycles. The van der Waals surface area contributed by atoms with Crippen molar-refractivity contribution in [3.8, 4) is 11.1 Å². The largest absolute Gasteiger partial charge is 0.444 e. The van der Waals surface area contributed by atoms with Gasteiger partial charge < -0.3 is 34.4 Å². The number of nitrogens with zero attached hydrogens (tertiary/aromatic N) is 4. The van der Waals surface area contributed by atoms with Crippen LogP contribution in [0.5, 0.6) is 0 Å². The van der Waals surface area contributed by atoms with Gasteiger partial charge in [-0.3, -0.25) is 9.59 Å². The van der Waals surface area contributed by atoms with E-state index < -0.39 is 47.2 Å². The van der Waals surface area contributed by atoms with Crippen LogP contribution in [0.4, 0.5) is 19.4 Å². The van der Waals surface area contributed by atoms with Crippen molar-refractivity contribution in [3.63, 3.8) is 0 Å². The number of carbonyl (C=O) groups is 3. The second-order valence-electron chi connectivity index (χ2n) is 16.0. The summed E-state index contributed by atoms with van der Waals surface area (Å²) in [4.78, 5) is 45.6. The zero-order valence-electron chi connectivity index (χ0n) is 30.7. The Bertz CT molecular complexity index is 1750. The molecule has 52 heavy (non-hydrogen) atoms. The molecule has 3 aliphatic rings. The highest BCUT2D eigenvalue weighted by molar-refractivity contribution is 5.91. The number of aliphatic hydroxyl groups excluding tert-OH is 1. The van der Waals surface area contributed by atoms with E-state index >= 15 is 0 Å². The van der Waals surface area contributed by atoms with Crippen LogP contribution in [0.3, 0.4) is 0 Å². The molecule has 13 heteroatoms. The number of likely N-dealkylation sites (tertiary alicyclic amines) is 2. The molecule has 4 atom stereocenters. The lowest BCUT2D eigenvalue weighted by atomic mass is 9.72. The number of amides is 3.